The molecule has 1 aliphatic rings. The van der Waals surface area contributed by atoms with Crippen molar-refractivity contribution in [2.75, 3.05) is 26.8 Å². The van der Waals surface area contributed by atoms with E-state index in [1.165, 1.54) is 49.7 Å². The van der Waals surface area contributed by atoms with Crippen LogP contribution in [0, 0.1) is 0 Å². The molecule has 43 heavy (non-hydrogen) atoms. The highest BCUT2D eigenvalue weighted by Gasteiger charge is 2.47. The topological polar surface area (TPSA) is 57.2 Å². The van der Waals surface area contributed by atoms with Crippen LogP contribution in [0.3, 0.4) is 0 Å². The molecule has 1 fully saturated rings. The Labute approximate surface area is 261 Å². The Morgan fingerprint density at radius 2 is 1.30 bits per heavy atom. The van der Waals surface area contributed by atoms with E-state index in [4.69, 9.17) is 18.9 Å². The molecule has 0 aromatic heterocycles. The highest BCUT2D eigenvalue weighted by Crippen LogP contribution is 2.33. The van der Waals surface area contributed by atoms with Crippen LogP contribution < -0.4 is 0 Å². The third kappa shape index (κ3) is 13.5. The van der Waals surface area contributed by atoms with Crippen molar-refractivity contribution in [1.82, 2.24) is 4.90 Å². The largest absolute Gasteiger partial charge is 0.466 e. The Morgan fingerprint density at radius 1 is 0.721 bits per heavy atom. The van der Waals surface area contributed by atoms with Crippen molar-refractivity contribution in [3.05, 3.63) is 71.8 Å². The molecule has 2 aromatic carbocycles. The predicted octanol–water partition coefficient (Wildman–Crippen LogP) is 8.12. The summed E-state index contributed by atoms with van der Waals surface area (Å²) in [5, 5.41) is 0. The van der Waals surface area contributed by atoms with Crippen molar-refractivity contribution in [3.8, 4) is 0 Å². The van der Waals surface area contributed by atoms with E-state index in [0.29, 0.717) is 26.2 Å². The summed E-state index contributed by atoms with van der Waals surface area (Å²) in [6.45, 7) is 7.37. The average molecular weight is 596 g/mol. The lowest BCUT2D eigenvalue weighted by atomic mass is 10.1. The summed E-state index contributed by atoms with van der Waals surface area (Å²) in [5.74, 6) is -0.0988. The molecule has 4 atom stereocenters. The van der Waals surface area contributed by atoms with Gasteiger partial charge >= 0.3 is 5.97 Å². The second-order valence-corrected chi connectivity index (χ2v) is 11.9. The normalized spacial score (nSPS) is 20.1. The predicted molar refractivity (Wildman–Crippen MR) is 174 cm³/mol. The maximum atomic E-state index is 11.8. The number of carbonyl (C=O) groups is 1. The summed E-state index contributed by atoms with van der Waals surface area (Å²) in [6, 6.07) is 20.9. The molecule has 0 saturated heterocycles. The number of esters is 1. The van der Waals surface area contributed by atoms with Gasteiger partial charge < -0.3 is 18.9 Å². The Hall–Kier alpha value is -2.25. The van der Waals surface area contributed by atoms with Gasteiger partial charge in [-0.15, -0.1) is 0 Å². The number of rotatable bonds is 23. The van der Waals surface area contributed by atoms with Crippen LogP contribution in [0.25, 0.3) is 0 Å². The highest BCUT2D eigenvalue weighted by atomic mass is 16.6. The highest BCUT2D eigenvalue weighted by molar-refractivity contribution is 5.69. The van der Waals surface area contributed by atoms with E-state index >= 15 is 0 Å². The maximum absolute atomic E-state index is 11.8. The van der Waals surface area contributed by atoms with Gasteiger partial charge in [-0.3, -0.25) is 9.69 Å². The molecule has 1 saturated carbocycles. The van der Waals surface area contributed by atoms with E-state index in [1.807, 2.05) is 19.1 Å². The first-order valence-electron chi connectivity index (χ1n) is 16.9. The fourth-order valence-corrected chi connectivity index (χ4v) is 6.03. The molecule has 0 heterocycles. The van der Waals surface area contributed by atoms with Gasteiger partial charge in [0.2, 0.25) is 0 Å². The van der Waals surface area contributed by atoms with Gasteiger partial charge in [0.25, 0.3) is 0 Å². The van der Waals surface area contributed by atoms with Crippen LogP contribution in [-0.4, -0.2) is 62.0 Å². The van der Waals surface area contributed by atoms with Crippen LogP contribution in [0.4, 0.5) is 0 Å². The van der Waals surface area contributed by atoms with Gasteiger partial charge in [-0.1, -0.05) is 113 Å². The van der Waals surface area contributed by atoms with Gasteiger partial charge in [-0.2, -0.15) is 0 Å². The Bertz CT molecular complexity index is 971. The van der Waals surface area contributed by atoms with E-state index in [1.54, 1.807) is 0 Å². The number of benzene rings is 2. The molecule has 0 N–H and O–H groups in total. The Kier molecular flexibility index (Phi) is 17.6. The zero-order valence-corrected chi connectivity index (χ0v) is 27.1. The lowest BCUT2D eigenvalue weighted by molar-refractivity contribution is -0.143. The minimum atomic E-state index is -0.0988. The standard InChI is InChI=1S/C37H57NO5/c1-4-6-7-8-9-10-20-27-41-37-34(43-30-32-23-16-12-17-24-32)28-33(42-29-31-21-14-11-15-22-31)36(37)38(3)26-19-13-18-25-35(39)40-5-2/h11-12,14-17,21-24,33-34,36-37H,4-10,13,18-20,25-30H2,1-3H3/t33-,34+,36+,37+/m0/s1. The minimum Gasteiger partial charge on any atom is -0.466 e. The smallest absolute Gasteiger partial charge is 0.305 e. The molecule has 6 heteroatoms. The molecule has 6 nitrogen and oxygen atoms in total. The third-order valence-corrected chi connectivity index (χ3v) is 8.43. The second-order valence-electron chi connectivity index (χ2n) is 11.9. The summed E-state index contributed by atoms with van der Waals surface area (Å²) in [5.41, 5.74) is 2.35. The molecule has 0 bridgehead atoms. The molecule has 2 aromatic rings. The SMILES string of the molecule is CCCCCCCCCO[C@H]1[C@H](N(C)CCCCCC(=O)OCC)[C@@H](OCc2ccccc2)C[C@H]1OCc1ccccc1. The number of hydrogen-bond acceptors (Lipinski definition) is 6. The van der Waals surface area contributed by atoms with Crippen LogP contribution in [0.5, 0.6) is 0 Å². The van der Waals surface area contributed by atoms with Gasteiger partial charge in [-0.05, 0) is 50.9 Å². The lowest BCUT2D eigenvalue weighted by Crippen LogP contribution is -2.48. The zero-order valence-electron chi connectivity index (χ0n) is 27.1. The van der Waals surface area contributed by atoms with E-state index in [9.17, 15) is 4.79 Å². The number of unbranched alkanes of at least 4 members (excludes halogenated alkanes) is 8. The summed E-state index contributed by atoms with van der Waals surface area (Å²) in [4.78, 5) is 14.2. The van der Waals surface area contributed by atoms with Gasteiger partial charge in [0, 0.05) is 19.4 Å². The molecule has 1 aliphatic carbocycles. The molecule has 3 rings (SSSR count). The van der Waals surface area contributed by atoms with Gasteiger partial charge in [0.05, 0.1) is 38.1 Å². The van der Waals surface area contributed by atoms with Crippen molar-refractivity contribution in [1.29, 1.82) is 0 Å². The first kappa shape index (κ1) is 35.2. The zero-order chi connectivity index (χ0) is 30.5. The first-order chi connectivity index (χ1) is 21.1. The number of nitrogens with zero attached hydrogens (tertiary/aromatic N) is 1. The monoisotopic (exact) mass is 595 g/mol. The van der Waals surface area contributed by atoms with E-state index < -0.39 is 0 Å². The molecular weight excluding hydrogens is 538 g/mol. The molecule has 0 amide bonds. The maximum Gasteiger partial charge on any atom is 0.305 e. The molecule has 0 unspecified atom stereocenters. The molecule has 240 valence electrons. The fraction of sp³-hybridized carbons (Fsp3) is 0.649. The second kappa shape index (κ2) is 21.5. The molecule has 0 spiro atoms. The van der Waals surface area contributed by atoms with E-state index in [0.717, 1.165) is 45.3 Å². The number of likely N-dealkylation sites (N-methyl/N-ethyl adjacent to an activating group) is 1. The molecule has 0 radical (unpaired) electrons. The van der Waals surface area contributed by atoms with Crippen LogP contribution in [-0.2, 0) is 37.0 Å². The fourth-order valence-electron chi connectivity index (χ4n) is 6.03. The van der Waals surface area contributed by atoms with Crippen LogP contribution in [0.15, 0.2) is 60.7 Å². The first-order valence-corrected chi connectivity index (χ1v) is 16.9. The van der Waals surface area contributed by atoms with Crippen molar-refractivity contribution < 1.29 is 23.7 Å². The van der Waals surface area contributed by atoms with Crippen LogP contribution >= 0.6 is 0 Å². The Morgan fingerprint density at radius 3 is 1.93 bits per heavy atom. The minimum absolute atomic E-state index is 0.00422. The molecular formula is C37H57NO5. The quantitative estimate of drug-likeness (QED) is 0.0955. The molecule has 0 aliphatic heterocycles. The average Bonchev–Trinajstić information content (AvgIpc) is 3.38. The van der Waals surface area contributed by atoms with E-state index in [2.05, 4.69) is 67.4 Å². The number of ether oxygens (including phenoxy) is 4. The lowest BCUT2D eigenvalue weighted by Gasteiger charge is -2.34. The summed E-state index contributed by atoms with van der Waals surface area (Å²) in [6.07, 6.45) is 12.9. The Balaban J connectivity index is 1.64. The summed E-state index contributed by atoms with van der Waals surface area (Å²) in [7, 11) is 2.19. The van der Waals surface area contributed by atoms with Crippen molar-refractivity contribution in [2.24, 2.45) is 0 Å². The van der Waals surface area contributed by atoms with E-state index in [-0.39, 0.29) is 30.3 Å². The third-order valence-electron chi connectivity index (χ3n) is 8.43. The van der Waals surface area contributed by atoms with Gasteiger partial charge in [-0.25, -0.2) is 0 Å². The van der Waals surface area contributed by atoms with Crippen LogP contribution in [0.1, 0.15) is 102 Å². The summed E-state index contributed by atoms with van der Waals surface area (Å²) < 4.78 is 25.1. The van der Waals surface area contributed by atoms with Gasteiger partial charge in [0.15, 0.2) is 0 Å². The number of hydrogen-bond donors (Lipinski definition) is 0. The van der Waals surface area contributed by atoms with Crippen molar-refractivity contribution in [3.63, 3.8) is 0 Å². The van der Waals surface area contributed by atoms with Crippen molar-refractivity contribution in [2.45, 2.75) is 128 Å². The number of carbonyl (C=O) groups excluding carboxylic acids is 1. The van der Waals surface area contributed by atoms with Crippen molar-refractivity contribution >= 4 is 5.97 Å². The van der Waals surface area contributed by atoms with Crippen LogP contribution in [0.2, 0.25) is 0 Å². The summed E-state index contributed by atoms with van der Waals surface area (Å²) >= 11 is 0. The van der Waals surface area contributed by atoms with Gasteiger partial charge in [0.1, 0.15) is 6.10 Å².